The van der Waals surface area contributed by atoms with Crippen molar-refractivity contribution in [2.24, 2.45) is 0 Å². The lowest BCUT2D eigenvalue weighted by atomic mass is 9.64. The SMILES string of the molecule is O=C(NCc1cccnc1)C1(c2cccc(F)c2)CCC1. The zero-order valence-electron chi connectivity index (χ0n) is 11.7. The molecule has 0 saturated heterocycles. The Kier molecular flexibility index (Phi) is 3.69. The number of carbonyl (C=O) groups is 1. The third-order valence-electron chi connectivity index (χ3n) is 4.19. The molecule has 1 N–H and O–H groups in total. The Balaban J connectivity index is 1.75. The van der Waals surface area contributed by atoms with Gasteiger partial charge in [-0.3, -0.25) is 9.78 Å². The van der Waals surface area contributed by atoms with Crippen molar-refractivity contribution >= 4 is 5.91 Å². The second-order valence-electron chi connectivity index (χ2n) is 5.49. The van der Waals surface area contributed by atoms with Crippen molar-refractivity contribution in [2.45, 2.75) is 31.2 Å². The summed E-state index contributed by atoms with van der Waals surface area (Å²) in [6, 6.07) is 10.1. The molecule has 0 radical (unpaired) electrons. The highest BCUT2D eigenvalue weighted by molar-refractivity contribution is 5.89. The third kappa shape index (κ3) is 2.66. The minimum atomic E-state index is -0.565. The van der Waals surface area contributed by atoms with Gasteiger partial charge in [0.2, 0.25) is 5.91 Å². The van der Waals surface area contributed by atoms with Crippen molar-refractivity contribution in [2.75, 3.05) is 0 Å². The second-order valence-corrected chi connectivity index (χ2v) is 5.49. The molecule has 108 valence electrons. The molecule has 0 bridgehead atoms. The van der Waals surface area contributed by atoms with E-state index in [0.717, 1.165) is 30.4 Å². The molecule has 0 unspecified atom stereocenters. The van der Waals surface area contributed by atoms with Gasteiger partial charge in [-0.1, -0.05) is 24.6 Å². The van der Waals surface area contributed by atoms with Crippen LogP contribution in [-0.2, 0) is 16.8 Å². The van der Waals surface area contributed by atoms with Crippen LogP contribution in [0.2, 0.25) is 0 Å². The summed E-state index contributed by atoms with van der Waals surface area (Å²) >= 11 is 0. The Morgan fingerprint density at radius 1 is 1.29 bits per heavy atom. The predicted molar refractivity (Wildman–Crippen MR) is 78.0 cm³/mol. The molecule has 1 fully saturated rings. The lowest BCUT2D eigenvalue weighted by molar-refractivity contribution is -0.130. The van der Waals surface area contributed by atoms with Crippen molar-refractivity contribution in [3.05, 3.63) is 65.7 Å². The van der Waals surface area contributed by atoms with Gasteiger partial charge in [0.15, 0.2) is 0 Å². The molecule has 0 atom stereocenters. The van der Waals surface area contributed by atoms with Gasteiger partial charge in [0.1, 0.15) is 5.82 Å². The molecule has 0 spiro atoms. The molecule has 1 aromatic heterocycles. The average Bonchev–Trinajstić information content (AvgIpc) is 2.45. The van der Waals surface area contributed by atoms with Crippen LogP contribution in [0.3, 0.4) is 0 Å². The summed E-state index contributed by atoms with van der Waals surface area (Å²) in [4.78, 5) is 16.6. The van der Waals surface area contributed by atoms with Gasteiger partial charge in [0.25, 0.3) is 0 Å². The number of amides is 1. The van der Waals surface area contributed by atoms with E-state index < -0.39 is 5.41 Å². The van der Waals surface area contributed by atoms with Crippen molar-refractivity contribution in [3.63, 3.8) is 0 Å². The summed E-state index contributed by atoms with van der Waals surface area (Å²) in [6.07, 6.45) is 5.98. The van der Waals surface area contributed by atoms with Gasteiger partial charge >= 0.3 is 0 Å². The van der Waals surface area contributed by atoms with Crippen molar-refractivity contribution in [1.29, 1.82) is 0 Å². The lowest BCUT2D eigenvalue weighted by Crippen LogP contribution is -2.49. The maximum absolute atomic E-state index is 13.4. The van der Waals surface area contributed by atoms with Crippen LogP contribution in [0.4, 0.5) is 4.39 Å². The van der Waals surface area contributed by atoms with Gasteiger partial charge in [0.05, 0.1) is 5.41 Å². The second kappa shape index (κ2) is 5.64. The Morgan fingerprint density at radius 3 is 2.76 bits per heavy atom. The fourth-order valence-electron chi connectivity index (χ4n) is 2.82. The summed E-state index contributed by atoms with van der Waals surface area (Å²) in [5, 5.41) is 2.96. The molecule has 3 nitrogen and oxygen atoms in total. The first-order chi connectivity index (χ1) is 10.2. The number of hydrogen-bond donors (Lipinski definition) is 1. The van der Waals surface area contributed by atoms with E-state index >= 15 is 0 Å². The highest BCUT2D eigenvalue weighted by Crippen LogP contribution is 2.44. The molecule has 2 aromatic rings. The lowest BCUT2D eigenvalue weighted by Gasteiger charge is -2.40. The molecular formula is C17H17FN2O. The standard InChI is InChI=1S/C17H17FN2O/c18-15-6-1-5-14(10-15)17(7-3-8-17)16(21)20-12-13-4-2-9-19-11-13/h1-2,4-6,9-11H,3,7-8,12H2,(H,20,21). The Bertz CT molecular complexity index is 638. The van der Waals surface area contributed by atoms with E-state index in [4.69, 9.17) is 0 Å². The van der Waals surface area contributed by atoms with Crippen LogP contribution in [0.25, 0.3) is 0 Å². The summed E-state index contributed by atoms with van der Waals surface area (Å²) in [6.45, 7) is 0.448. The van der Waals surface area contributed by atoms with Gasteiger partial charge in [0, 0.05) is 18.9 Å². The van der Waals surface area contributed by atoms with Gasteiger partial charge < -0.3 is 5.32 Å². The number of pyridine rings is 1. The molecule has 1 aliphatic carbocycles. The van der Waals surface area contributed by atoms with Crippen LogP contribution >= 0.6 is 0 Å². The number of halogens is 1. The number of nitrogens with one attached hydrogen (secondary N) is 1. The van der Waals surface area contributed by atoms with Crippen LogP contribution in [-0.4, -0.2) is 10.9 Å². The molecule has 1 amide bonds. The van der Waals surface area contributed by atoms with Crippen LogP contribution in [0, 0.1) is 5.82 Å². The number of nitrogens with zero attached hydrogens (tertiary/aromatic N) is 1. The van der Waals surface area contributed by atoms with E-state index in [2.05, 4.69) is 10.3 Å². The zero-order chi connectivity index (χ0) is 14.7. The first-order valence-electron chi connectivity index (χ1n) is 7.14. The monoisotopic (exact) mass is 284 g/mol. The largest absolute Gasteiger partial charge is 0.351 e. The third-order valence-corrected chi connectivity index (χ3v) is 4.19. The van der Waals surface area contributed by atoms with E-state index in [-0.39, 0.29) is 11.7 Å². The molecule has 1 aliphatic rings. The van der Waals surface area contributed by atoms with Crippen LogP contribution in [0.15, 0.2) is 48.8 Å². The number of carbonyl (C=O) groups excluding carboxylic acids is 1. The van der Waals surface area contributed by atoms with E-state index in [0.29, 0.717) is 6.54 Å². The summed E-state index contributed by atoms with van der Waals surface area (Å²) in [7, 11) is 0. The first kappa shape index (κ1) is 13.7. The molecule has 1 saturated carbocycles. The van der Waals surface area contributed by atoms with E-state index in [9.17, 15) is 9.18 Å². The average molecular weight is 284 g/mol. The molecule has 0 aliphatic heterocycles. The fraction of sp³-hybridized carbons (Fsp3) is 0.294. The van der Waals surface area contributed by atoms with Crippen LogP contribution in [0.5, 0.6) is 0 Å². The minimum Gasteiger partial charge on any atom is -0.351 e. The maximum atomic E-state index is 13.4. The summed E-state index contributed by atoms with van der Waals surface area (Å²) < 4.78 is 13.4. The molecule has 1 aromatic carbocycles. The molecule has 3 rings (SSSR count). The zero-order valence-corrected chi connectivity index (χ0v) is 11.7. The Morgan fingerprint density at radius 2 is 2.14 bits per heavy atom. The normalized spacial score (nSPS) is 16.0. The molecule has 21 heavy (non-hydrogen) atoms. The maximum Gasteiger partial charge on any atom is 0.230 e. The minimum absolute atomic E-state index is 0.0248. The fourth-order valence-corrected chi connectivity index (χ4v) is 2.82. The van der Waals surface area contributed by atoms with Gasteiger partial charge in [-0.15, -0.1) is 0 Å². The molecule has 1 heterocycles. The number of benzene rings is 1. The van der Waals surface area contributed by atoms with Gasteiger partial charge in [-0.25, -0.2) is 4.39 Å². The predicted octanol–water partition coefficient (Wildman–Crippen LogP) is 2.96. The number of aromatic nitrogens is 1. The van der Waals surface area contributed by atoms with E-state index in [1.165, 1.54) is 12.1 Å². The quantitative estimate of drug-likeness (QED) is 0.938. The number of hydrogen-bond acceptors (Lipinski definition) is 2. The molecular weight excluding hydrogens is 267 g/mol. The smallest absolute Gasteiger partial charge is 0.230 e. The summed E-state index contributed by atoms with van der Waals surface area (Å²) in [5.74, 6) is -0.318. The van der Waals surface area contributed by atoms with Gasteiger partial charge in [-0.05, 0) is 42.2 Å². The highest BCUT2D eigenvalue weighted by Gasteiger charge is 2.45. The summed E-state index contributed by atoms with van der Waals surface area (Å²) in [5.41, 5.74) is 1.17. The van der Waals surface area contributed by atoms with Crippen LogP contribution in [0.1, 0.15) is 30.4 Å². The van der Waals surface area contributed by atoms with E-state index in [1.807, 2.05) is 18.2 Å². The van der Waals surface area contributed by atoms with Crippen molar-refractivity contribution < 1.29 is 9.18 Å². The van der Waals surface area contributed by atoms with Crippen molar-refractivity contribution in [3.8, 4) is 0 Å². The Labute approximate surface area is 123 Å². The van der Waals surface area contributed by atoms with Crippen LogP contribution < -0.4 is 5.32 Å². The van der Waals surface area contributed by atoms with Gasteiger partial charge in [-0.2, -0.15) is 0 Å². The molecule has 4 heteroatoms. The topological polar surface area (TPSA) is 42.0 Å². The first-order valence-corrected chi connectivity index (χ1v) is 7.14. The number of rotatable bonds is 4. The Hall–Kier alpha value is -2.23. The van der Waals surface area contributed by atoms with E-state index in [1.54, 1.807) is 18.5 Å². The highest BCUT2D eigenvalue weighted by atomic mass is 19.1. The van der Waals surface area contributed by atoms with Crippen molar-refractivity contribution in [1.82, 2.24) is 10.3 Å².